The van der Waals surface area contributed by atoms with Crippen molar-refractivity contribution in [3.8, 4) is 11.5 Å². The fraction of sp³-hybridized carbons (Fsp3) is 0.533. The van der Waals surface area contributed by atoms with Crippen LogP contribution >= 0.6 is 0 Å². The fourth-order valence-corrected chi connectivity index (χ4v) is 4.98. The average molecular weight is 326 g/mol. The highest BCUT2D eigenvalue weighted by Gasteiger charge is 2.30. The van der Waals surface area contributed by atoms with E-state index in [4.69, 9.17) is 9.16 Å². The second-order valence-electron chi connectivity index (χ2n) is 7.24. The quantitative estimate of drug-likeness (QED) is 0.754. The summed E-state index contributed by atoms with van der Waals surface area (Å²) in [5.74, 6) is 0.241. The third-order valence-corrected chi connectivity index (χ3v) is 6.17. The predicted molar refractivity (Wildman–Crippen MR) is 88.1 cm³/mol. The minimum atomic E-state index is -1.95. The second kappa shape index (κ2) is 6.23. The van der Waals surface area contributed by atoms with Crippen molar-refractivity contribution in [2.24, 2.45) is 0 Å². The number of hydrogen-bond acceptors (Lipinski definition) is 4. The molecule has 4 nitrogen and oxygen atoms in total. The highest BCUT2D eigenvalue weighted by molar-refractivity contribution is 6.80. The lowest BCUT2D eigenvalue weighted by Crippen LogP contribution is -2.43. The Morgan fingerprint density at radius 3 is 2.05 bits per heavy atom. The van der Waals surface area contributed by atoms with Gasteiger partial charge >= 0.3 is 0 Å². The Bertz CT molecular complexity index is 515. The Hall–Kier alpha value is -1.28. The Morgan fingerprint density at radius 1 is 1.10 bits per heavy atom. The number of rotatable bonds is 6. The van der Waals surface area contributed by atoms with Gasteiger partial charge in [0.1, 0.15) is 5.75 Å². The normalized spacial score (nSPS) is 13.7. The number of hydrogen-bond donors (Lipinski definition) is 0. The van der Waals surface area contributed by atoms with Gasteiger partial charge in [0.25, 0.3) is 0 Å². The van der Waals surface area contributed by atoms with Crippen LogP contribution in [0, 0.1) is 0 Å². The zero-order valence-electron chi connectivity index (χ0n) is 13.9. The maximum atomic E-state index is 11.6. The molecule has 118 valence electrons. The average Bonchev–Trinajstić information content (AvgIpc) is 2.24. The van der Waals surface area contributed by atoms with Gasteiger partial charge in [-0.05, 0) is 37.3 Å². The minimum absolute atomic E-state index is 0.563. The van der Waals surface area contributed by atoms with E-state index in [0.717, 1.165) is 5.56 Å². The third kappa shape index (κ3) is 4.89. The van der Waals surface area contributed by atoms with Crippen molar-refractivity contribution in [3.05, 3.63) is 23.8 Å². The first-order chi connectivity index (χ1) is 9.45. The van der Waals surface area contributed by atoms with Crippen LogP contribution in [0.1, 0.15) is 11.1 Å². The van der Waals surface area contributed by atoms with E-state index in [-0.39, 0.29) is 0 Å². The molecule has 0 aliphatic carbocycles. The summed E-state index contributed by atoms with van der Waals surface area (Å²) in [5.41, 5.74) is 0.176. The molecule has 1 rings (SSSR count). The molecular weight excluding hydrogens is 300 g/mol. The monoisotopic (exact) mass is 325 g/mol. The first kappa shape index (κ1) is 17.8. The van der Waals surface area contributed by atoms with Crippen LogP contribution in [-0.4, -0.2) is 29.5 Å². The molecule has 0 saturated carbocycles. The van der Waals surface area contributed by atoms with Crippen LogP contribution in [0.5, 0.6) is 11.5 Å². The number of methoxy groups -OCH3 is 1. The van der Waals surface area contributed by atoms with Crippen molar-refractivity contribution in [1.82, 2.24) is 0 Å². The van der Waals surface area contributed by atoms with Crippen LogP contribution < -0.4 is 14.3 Å². The van der Waals surface area contributed by atoms with Crippen LogP contribution in [0.15, 0.2) is 18.2 Å². The van der Waals surface area contributed by atoms with Gasteiger partial charge in [-0.2, -0.15) is 0 Å². The maximum Gasteiger partial charge on any atom is 0.242 e. The molecule has 0 aliphatic heterocycles. The molecule has 0 radical (unpaired) electrons. The van der Waals surface area contributed by atoms with E-state index in [1.807, 2.05) is 19.6 Å². The van der Waals surface area contributed by atoms with Gasteiger partial charge in [0.15, 0.2) is 5.75 Å². The van der Waals surface area contributed by atoms with Gasteiger partial charge < -0.3 is 19.1 Å². The summed E-state index contributed by atoms with van der Waals surface area (Å²) in [4.78, 5) is 11.6. The molecule has 0 N–H and O–H groups in total. The predicted octanol–water partition coefficient (Wildman–Crippen LogP) is 2.62. The molecule has 6 heteroatoms. The number of benzene rings is 1. The van der Waals surface area contributed by atoms with Gasteiger partial charge in [-0.3, -0.25) is 0 Å². The molecule has 1 aromatic carbocycles. The zero-order valence-corrected chi connectivity index (χ0v) is 15.9. The molecule has 0 spiro atoms. The molecule has 0 amide bonds. The molecule has 1 aromatic rings. The molecule has 0 saturated heterocycles. The third-order valence-electron chi connectivity index (χ3n) is 3.04. The zero-order chi connectivity index (χ0) is 16.4. The van der Waals surface area contributed by atoms with Gasteiger partial charge in [-0.25, -0.2) is 0 Å². The first-order valence-electron chi connectivity index (χ1n) is 7.03. The van der Waals surface area contributed by atoms with Crippen molar-refractivity contribution in [1.29, 1.82) is 0 Å². The summed E-state index contributed by atoms with van der Waals surface area (Å²) in [7, 11) is -2.17. The van der Waals surface area contributed by atoms with Crippen LogP contribution in [0.4, 0.5) is 0 Å². The first-order valence-corrected chi connectivity index (χ1v) is 14.0. The summed E-state index contributed by atoms with van der Waals surface area (Å²) in [5, 5.41) is 11.6. The Balaban J connectivity index is 3.32. The molecule has 1 atom stereocenters. The Kier molecular flexibility index (Phi) is 5.27. The SMILES string of the molecule is COc1ccc(C(C(=O)[O-])[Si](C)(C)C)cc1O[Si](C)(C)C. The van der Waals surface area contributed by atoms with Crippen molar-refractivity contribution >= 4 is 22.4 Å². The standard InChI is InChI=1S/C15H26O4Si2/c1-18-12-9-8-11(10-13(12)19-21(5,6)7)14(15(16)17)20(2,3)4/h8-10,14H,1-7H3,(H,16,17)/p-1. The Morgan fingerprint density at radius 2 is 1.67 bits per heavy atom. The van der Waals surface area contributed by atoms with E-state index in [1.165, 1.54) is 0 Å². The van der Waals surface area contributed by atoms with E-state index in [2.05, 4.69) is 19.6 Å². The number of aliphatic carboxylic acids is 1. The highest BCUT2D eigenvalue weighted by atomic mass is 28.4. The van der Waals surface area contributed by atoms with Crippen LogP contribution in [0.3, 0.4) is 0 Å². The molecule has 21 heavy (non-hydrogen) atoms. The summed E-state index contributed by atoms with van der Waals surface area (Å²) < 4.78 is 11.3. The summed E-state index contributed by atoms with van der Waals surface area (Å²) in [6.45, 7) is 12.3. The largest absolute Gasteiger partial charge is 0.550 e. The molecule has 0 heterocycles. The van der Waals surface area contributed by atoms with E-state index >= 15 is 0 Å². The summed E-state index contributed by atoms with van der Waals surface area (Å²) >= 11 is 0. The lowest BCUT2D eigenvalue weighted by molar-refractivity contribution is -0.305. The van der Waals surface area contributed by atoms with Gasteiger partial charge in [0.2, 0.25) is 8.32 Å². The van der Waals surface area contributed by atoms with E-state index in [1.54, 1.807) is 25.3 Å². The summed E-state index contributed by atoms with van der Waals surface area (Å²) in [6.07, 6.45) is 0. The van der Waals surface area contributed by atoms with Crippen LogP contribution in [0.25, 0.3) is 0 Å². The smallest absolute Gasteiger partial charge is 0.242 e. The van der Waals surface area contributed by atoms with E-state index in [0.29, 0.717) is 11.5 Å². The van der Waals surface area contributed by atoms with E-state index in [9.17, 15) is 9.90 Å². The summed E-state index contributed by atoms with van der Waals surface area (Å²) in [6, 6.07) is 5.38. The second-order valence-corrected chi connectivity index (χ2v) is 17.0. The molecule has 0 bridgehead atoms. The Labute approximate surface area is 129 Å². The van der Waals surface area contributed by atoms with Gasteiger partial charge in [0, 0.05) is 11.5 Å². The molecule has 0 aromatic heterocycles. The van der Waals surface area contributed by atoms with Gasteiger partial charge in [-0.1, -0.05) is 25.7 Å². The maximum absolute atomic E-state index is 11.6. The van der Waals surface area contributed by atoms with Crippen molar-refractivity contribution < 1.29 is 19.1 Å². The van der Waals surface area contributed by atoms with Crippen LogP contribution in [-0.2, 0) is 4.79 Å². The lowest BCUT2D eigenvalue weighted by Gasteiger charge is -2.31. The van der Waals surface area contributed by atoms with Gasteiger partial charge in [0.05, 0.1) is 15.2 Å². The number of carboxylic acid groups (broad SMARTS) is 1. The minimum Gasteiger partial charge on any atom is -0.550 e. The number of carbonyl (C=O) groups excluding carboxylic acids is 1. The van der Waals surface area contributed by atoms with E-state index < -0.39 is 27.9 Å². The number of ether oxygens (including phenoxy) is 1. The topological polar surface area (TPSA) is 58.6 Å². The molecule has 1 unspecified atom stereocenters. The van der Waals surface area contributed by atoms with Crippen molar-refractivity contribution in [2.75, 3.05) is 7.11 Å². The highest BCUT2D eigenvalue weighted by Crippen LogP contribution is 2.35. The van der Waals surface area contributed by atoms with Crippen LogP contribution in [0.2, 0.25) is 39.3 Å². The van der Waals surface area contributed by atoms with Crippen molar-refractivity contribution in [3.63, 3.8) is 0 Å². The molecular formula is C15H25O4Si2-. The van der Waals surface area contributed by atoms with Crippen molar-refractivity contribution in [2.45, 2.75) is 44.8 Å². The number of carbonyl (C=O) groups is 1. The fourth-order valence-electron chi connectivity index (χ4n) is 2.27. The lowest BCUT2D eigenvalue weighted by atomic mass is 10.1. The molecule has 0 fully saturated rings. The number of carboxylic acids is 1. The van der Waals surface area contributed by atoms with Gasteiger partial charge in [-0.15, -0.1) is 0 Å². The molecule has 0 aliphatic rings.